The molecular weight excluding hydrogens is 290 g/mol. The Morgan fingerprint density at radius 3 is 2.67 bits per heavy atom. The second kappa shape index (κ2) is 6.95. The van der Waals surface area contributed by atoms with Crippen LogP contribution in [0, 0.1) is 0 Å². The molecule has 0 spiro atoms. The number of ether oxygens (including phenoxy) is 1. The fraction of sp³-hybridized carbons (Fsp3) is 0.200. The van der Waals surface area contributed by atoms with Crippen molar-refractivity contribution in [2.75, 3.05) is 19.4 Å². The highest BCUT2D eigenvalue weighted by Crippen LogP contribution is 2.15. The number of rotatable bonds is 5. The van der Waals surface area contributed by atoms with Crippen LogP contribution in [0.15, 0.2) is 36.4 Å². The van der Waals surface area contributed by atoms with Gasteiger partial charge in [0.25, 0.3) is 5.91 Å². The molecule has 21 heavy (non-hydrogen) atoms. The highest BCUT2D eigenvalue weighted by molar-refractivity contribution is 6.33. The Morgan fingerprint density at radius 2 is 2.00 bits per heavy atom. The molecule has 2 aromatic rings. The van der Waals surface area contributed by atoms with Crippen molar-refractivity contribution in [3.05, 3.63) is 52.7 Å². The summed E-state index contributed by atoms with van der Waals surface area (Å²) in [4.78, 5) is 15.9. The predicted molar refractivity (Wildman–Crippen MR) is 82.7 cm³/mol. The number of nitrogens with zero attached hydrogens (tertiary/aromatic N) is 1. The first-order valence-corrected chi connectivity index (χ1v) is 6.81. The number of methoxy groups -OCH3 is 1. The maximum Gasteiger partial charge on any atom is 0.271 e. The molecule has 110 valence electrons. The van der Waals surface area contributed by atoms with Gasteiger partial charge in [-0.1, -0.05) is 23.7 Å². The van der Waals surface area contributed by atoms with Crippen LogP contribution in [0.25, 0.3) is 0 Å². The second-order valence-corrected chi connectivity index (χ2v) is 4.83. The summed E-state index contributed by atoms with van der Waals surface area (Å²) in [6.45, 7) is 0.484. The number of nitrogens with one attached hydrogen (secondary N) is 1. The van der Waals surface area contributed by atoms with Gasteiger partial charge in [-0.25, -0.2) is 4.98 Å². The van der Waals surface area contributed by atoms with E-state index in [4.69, 9.17) is 22.1 Å². The lowest BCUT2D eigenvalue weighted by Gasteiger charge is -2.07. The molecule has 0 unspecified atom stereocenters. The van der Waals surface area contributed by atoms with Gasteiger partial charge >= 0.3 is 0 Å². The molecule has 0 bridgehead atoms. The van der Waals surface area contributed by atoms with Crippen molar-refractivity contribution in [2.45, 2.75) is 6.42 Å². The number of benzene rings is 1. The molecule has 0 aliphatic rings. The van der Waals surface area contributed by atoms with E-state index in [0.717, 1.165) is 11.3 Å². The number of pyridine rings is 1. The van der Waals surface area contributed by atoms with Crippen molar-refractivity contribution in [1.29, 1.82) is 0 Å². The van der Waals surface area contributed by atoms with Crippen molar-refractivity contribution in [3.63, 3.8) is 0 Å². The maximum absolute atomic E-state index is 12.0. The third-order valence-corrected chi connectivity index (χ3v) is 3.25. The summed E-state index contributed by atoms with van der Waals surface area (Å²) < 4.78 is 5.09. The molecule has 0 aliphatic heterocycles. The molecule has 0 aliphatic carbocycles. The molecule has 1 aromatic carbocycles. The van der Waals surface area contributed by atoms with Gasteiger partial charge in [-0.2, -0.15) is 0 Å². The molecule has 0 fully saturated rings. The van der Waals surface area contributed by atoms with Gasteiger partial charge in [0.05, 0.1) is 12.1 Å². The summed E-state index contributed by atoms with van der Waals surface area (Å²) in [6.07, 6.45) is 0.704. The lowest BCUT2D eigenvalue weighted by molar-refractivity contribution is 0.0949. The summed E-state index contributed by atoms with van der Waals surface area (Å²) in [5.41, 5.74) is 6.80. The van der Waals surface area contributed by atoms with E-state index in [1.165, 1.54) is 0 Å². The monoisotopic (exact) mass is 305 g/mol. The Bertz CT molecular complexity index is 629. The maximum atomic E-state index is 12.0. The van der Waals surface area contributed by atoms with Crippen molar-refractivity contribution in [2.24, 2.45) is 0 Å². The number of amides is 1. The van der Waals surface area contributed by atoms with Crippen LogP contribution in [-0.4, -0.2) is 24.5 Å². The normalized spacial score (nSPS) is 10.2. The van der Waals surface area contributed by atoms with Gasteiger partial charge in [0.15, 0.2) is 0 Å². The summed E-state index contributed by atoms with van der Waals surface area (Å²) in [6, 6.07) is 10.8. The van der Waals surface area contributed by atoms with Crippen molar-refractivity contribution < 1.29 is 9.53 Å². The van der Waals surface area contributed by atoms with E-state index in [2.05, 4.69) is 10.3 Å². The van der Waals surface area contributed by atoms with E-state index < -0.39 is 0 Å². The quantitative estimate of drug-likeness (QED) is 0.888. The van der Waals surface area contributed by atoms with Crippen molar-refractivity contribution in [1.82, 2.24) is 10.3 Å². The summed E-state index contributed by atoms with van der Waals surface area (Å²) in [5, 5.41) is 3.05. The van der Waals surface area contributed by atoms with Crippen LogP contribution in [0.5, 0.6) is 5.75 Å². The largest absolute Gasteiger partial charge is 0.497 e. The van der Waals surface area contributed by atoms with Crippen LogP contribution in [0.1, 0.15) is 16.1 Å². The van der Waals surface area contributed by atoms with Crippen LogP contribution >= 0.6 is 11.6 Å². The Kier molecular flexibility index (Phi) is 5.00. The van der Waals surface area contributed by atoms with E-state index in [0.29, 0.717) is 13.0 Å². The Hall–Kier alpha value is -2.27. The van der Waals surface area contributed by atoms with Crippen LogP contribution in [-0.2, 0) is 6.42 Å². The lowest BCUT2D eigenvalue weighted by Crippen LogP contribution is -2.27. The van der Waals surface area contributed by atoms with E-state index in [9.17, 15) is 4.79 Å². The minimum absolute atomic E-state index is 0.145. The molecular formula is C15H16ClN3O2. The average molecular weight is 306 g/mol. The van der Waals surface area contributed by atoms with Crippen LogP contribution in [0.2, 0.25) is 5.02 Å². The van der Waals surface area contributed by atoms with Gasteiger partial charge in [-0.05, 0) is 36.2 Å². The number of carbonyl (C=O) groups is 1. The summed E-state index contributed by atoms with van der Waals surface area (Å²) in [7, 11) is 1.62. The zero-order chi connectivity index (χ0) is 15.2. The van der Waals surface area contributed by atoms with E-state index in [1.54, 1.807) is 19.2 Å². The number of anilines is 1. The van der Waals surface area contributed by atoms with Crippen LogP contribution in [0.4, 0.5) is 5.82 Å². The van der Waals surface area contributed by atoms with E-state index in [1.807, 2.05) is 24.3 Å². The highest BCUT2D eigenvalue weighted by atomic mass is 35.5. The number of nitrogens with two attached hydrogens (primary N) is 1. The molecule has 1 heterocycles. The molecule has 2 rings (SSSR count). The first-order chi connectivity index (χ1) is 10.1. The number of nitrogen functional groups attached to an aromatic ring is 1. The number of hydrogen-bond acceptors (Lipinski definition) is 4. The molecule has 3 N–H and O–H groups in total. The van der Waals surface area contributed by atoms with Gasteiger partial charge in [-0.15, -0.1) is 0 Å². The fourth-order valence-electron chi connectivity index (χ4n) is 1.81. The first-order valence-electron chi connectivity index (χ1n) is 6.43. The zero-order valence-electron chi connectivity index (χ0n) is 11.6. The van der Waals surface area contributed by atoms with Crippen LogP contribution < -0.4 is 15.8 Å². The molecule has 0 atom stereocenters. The van der Waals surface area contributed by atoms with Crippen LogP contribution in [0.3, 0.4) is 0 Å². The predicted octanol–water partition coefficient (Wildman–Crippen LogP) is 2.30. The molecule has 5 nitrogen and oxygen atoms in total. The minimum atomic E-state index is -0.333. The zero-order valence-corrected chi connectivity index (χ0v) is 12.4. The van der Waals surface area contributed by atoms with E-state index >= 15 is 0 Å². The minimum Gasteiger partial charge on any atom is -0.497 e. The van der Waals surface area contributed by atoms with Gasteiger partial charge < -0.3 is 15.8 Å². The molecule has 6 heteroatoms. The molecule has 0 saturated carbocycles. The van der Waals surface area contributed by atoms with Crippen molar-refractivity contribution in [3.8, 4) is 5.75 Å². The topological polar surface area (TPSA) is 77.2 Å². The molecule has 1 amide bonds. The highest BCUT2D eigenvalue weighted by Gasteiger charge is 2.12. The summed E-state index contributed by atoms with van der Waals surface area (Å²) >= 11 is 5.93. The fourth-order valence-corrected chi connectivity index (χ4v) is 2.00. The first kappa shape index (κ1) is 15.1. The van der Waals surface area contributed by atoms with Crippen molar-refractivity contribution >= 4 is 23.3 Å². The Morgan fingerprint density at radius 1 is 1.29 bits per heavy atom. The number of halogens is 1. The summed E-state index contributed by atoms with van der Waals surface area (Å²) in [5.74, 6) is 0.735. The number of hydrogen-bond donors (Lipinski definition) is 2. The third-order valence-electron chi connectivity index (χ3n) is 2.94. The average Bonchev–Trinajstić information content (AvgIpc) is 2.50. The lowest BCUT2D eigenvalue weighted by atomic mass is 10.1. The van der Waals surface area contributed by atoms with Gasteiger partial charge in [0.1, 0.15) is 17.3 Å². The molecule has 0 radical (unpaired) electrons. The third kappa shape index (κ3) is 4.10. The standard InChI is InChI=1S/C15H16ClN3O2/c1-21-11-4-2-10(3-5-11)8-9-18-15(20)14-12(16)6-7-13(17)19-14/h2-7H,8-9H2,1H3,(H2,17,19)(H,18,20). The molecule has 0 saturated heterocycles. The van der Waals surface area contributed by atoms with Gasteiger partial charge in [0, 0.05) is 6.54 Å². The number of aromatic nitrogens is 1. The number of carbonyl (C=O) groups excluding carboxylic acids is 1. The SMILES string of the molecule is COc1ccc(CCNC(=O)c2nc(N)ccc2Cl)cc1. The van der Waals surface area contributed by atoms with E-state index in [-0.39, 0.29) is 22.4 Å². The Labute approximate surface area is 128 Å². The van der Waals surface area contributed by atoms with Gasteiger partial charge in [0.2, 0.25) is 0 Å². The second-order valence-electron chi connectivity index (χ2n) is 4.42. The molecule has 1 aromatic heterocycles. The van der Waals surface area contributed by atoms with Gasteiger partial charge in [-0.3, -0.25) is 4.79 Å². The smallest absolute Gasteiger partial charge is 0.271 e. The Balaban J connectivity index is 1.90.